The first-order chi connectivity index (χ1) is 19.9. The number of thioether (sulfide) groups is 1. The standard InChI is InChI=1S/C32H33NO6S2/c1-2-9-27-28(17-16-26-24(21-41(36,37)30(26)27)15-14-22-10-4-3-5-11-22)39-19-7-6-18-38-25-13-8-12-23(20-25)29-31(34)33-32(35)40-29/h3-5,8,10-13,16-17,20-21,29H,2,6-7,9,14-15,18-19H2,1H3,(H,33,34,35). The normalized spacial score (nSPS) is 17.2. The van der Waals surface area contributed by atoms with Gasteiger partial charge in [0.25, 0.3) is 5.24 Å². The quantitative estimate of drug-likeness (QED) is 0.222. The zero-order chi connectivity index (χ0) is 28.8. The molecule has 0 aromatic heterocycles. The second kappa shape index (κ2) is 13.0. The van der Waals surface area contributed by atoms with Crippen LogP contribution in [0.4, 0.5) is 4.79 Å². The van der Waals surface area contributed by atoms with Crippen LogP contribution in [-0.2, 0) is 27.5 Å². The number of amides is 2. The van der Waals surface area contributed by atoms with E-state index < -0.39 is 15.1 Å². The van der Waals surface area contributed by atoms with E-state index in [-0.39, 0.29) is 11.1 Å². The third-order valence-corrected chi connectivity index (χ3v) is 9.75. The molecule has 0 aliphatic carbocycles. The van der Waals surface area contributed by atoms with Gasteiger partial charge < -0.3 is 9.47 Å². The van der Waals surface area contributed by atoms with E-state index in [1.807, 2.05) is 55.5 Å². The molecular formula is C32H33NO6S2. The second-order valence-corrected chi connectivity index (χ2v) is 12.9. The van der Waals surface area contributed by atoms with Gasteiger partial charge in [-0.1, -0.05) is 55.8 Å². The Balaban J connectivity index is 1.16. The molecule has 7 nitrogen and oxygen atoms in total. The average molecular weight is 592 g/mol. The minimum absolute atomic E-state index is 0.310. The first kappa shape index (κ1) is 29.0. The van der Waals surface area contributed by atoms with Gasteiger partial charge in [-0.25, -0.2) is 8.42 Å². The van der Waals surface area contributed by atoms with Crippen molar-refractivity contribution in [2.75, 3.05) is 13.2 Å². The van der Waals surface area contributed by atoms with Crippen LogP contribution in [0.5, 0.6) is 11.5 Å². The van der Waals surface area contributed by atoms with Crippen LogP contribution in [0.25, 0.3) is 5.57 Å². The summed E-state index contributed by atoms with van der Waals surface area (Å²) in [5, 5.41) is 2.85. The summed E-state index contributed by atoms with van der Waals surface area (Å²) in [4.78, 5) is 23.9. The van der Waals surface area contributed by atoms with Crippen molar-refractivity contribution in [3.63, 3.8) is 0 Å². The summed E-state index contributed by atoms with van der Waals surface area (Å²) in [5.74, 6) is 0.957. The van der Waals surface area contributed by atoms with Crippen molar-refractivity contribution in [2.45, 2.75) is 55.6 Å². The minimum atomic E-state index is -3.53. The van der Waals surface area contributed by atoms with E-state index in [9.17, 15) is 18.0 Å². The lowest BCUT2D eigenvalue weighted by atomic mass is 9.96. The Morgan fingerprint density at radius 3 is 2.39 bits per heavy atom. The van der Waals surface area contributed by atoms with E-state index in [1.54, 1.807) is 6.07 Å². The summed E-state index contributed by atoms with van der Waals surface area (Å²) in [6.07, 6.45) is 4.34. The number of allylic oxidation sites excluding steroid dienone is 1. The number of carbonyl (C=O) groups is 2. The highest BCUT2D eigenvalue weighted by molar-refractivity contribution is 8.15. The van der Waals surface area contributed by atoms with Gasteiger partial charge in [-0.2, -0.15) is 0 Å². The molecule has 0 spiro atoms. The van der Waals surface area contributed by atoms with Crippen LogP contribution in [-0.4, -0.2) is 32.8 Å². The maximum absolute atomic E-state index is 13.2. The second-order valence-electron chi connectivity index (χ2n) is 10.1. The van der Waals surface area contributed by atoms with Crippen LogP contribution in [0.2, 0.25) is 0 Å². The van der Waals surface area contributed by atoms with Crippen molar-refractivity contribution in [2.24, 2.45) is 0 Å². The topological polar surface area (TPSA) is 98.8 Å². The molecule has 0 saturated carbocycles. The summed E-state index contributed by atoms with van der Waals surface area (Å²) < 4.78 is 38.4. The maximum Gasteiger partial charge on any atom is 0.286 e. The Bertz CT molecular complexity index is 1570. The largest absolute Gasteiger partial charge is 0.494 e. The number of aryl methyl sites for hydroxylation is 1. The van der Waals surface area contributed by atoms with Gasteiger partial charge in [-0.05, 0) is 90.4 Å². The molecule has 5 rings (SSSR count). The van der Waals surface area contributed by atoms with Crippen molar-refractivity contribution in [1.82, 2.24) is 5.32 Å². The number of ether oxygens (including phenoxy) is 2. The summed E-state index contributed by atoms with van der Waals surface area (Å²) in [6, 6.07) is 21.1. The fourth-order valence-corrected chi connectivity index (χ4v) is 7.77. The highest BCUT2D eigenvalue weighted by Gasteiger charge is 2.33. The van der Waals surface area contributed by atoms with Crippen LogP contribution >= 0.6 is 11.8 Å². The van der Waals surface area contributed by atoms with E-state index in [2.05, 4.69) is 17.4 Å². The first-order valence-corrected chi connectivity index (χ1v) is 16.3. The highest BCUT2D eigenvalue weighted by Crippen LogP contribution is 2.42. The summed E-state index contributed by atoms with van der Waals surface area (Å²) in [6.45, 7) is 2.94. The van der Waals surface area contributed by atoms with Crippen molar-refractivity contribution in [3.05, 3.63) is 94.4 Å². The zero-order valence-corrected chi connectivity index (χ0v) is 24.6. The lowest BCUT2D eigenvalue weighted by molar-refractivity contribution is -0.119. The smallest absolute Gasteiger partial charge is 0.286 e. The fraction of sp³-hybridized carbons (Fsp3) is 0.312. The number of carbonyl (C=O) groups excluding carboxylic acids is 2. The predicted molar refractivity (Wildman–Crippen MR) is 161 cm³/mol. The molecule has 1 atom stereocenters. The van der Waals surface area contributed by atoms with Gasteiger partial charge in [-0.15, -0.1) is 0 Å². The molecule has 2 heterocycles. The number of imide groups is 1. The molecule has 1 fully saturated rings. The number of unbranched alkanes of at least 4 members (excludes halogenated alkanes) is 1. The van der Waals surface area contributed by atoms with Gasteiger partial charge in [0.2, 0.25) is 15.7 Å². The van der Waals surface area contributed by atoms with Crippen LogP contribution in [0.3, 0.4) is 0 Å². The molecule has 0 radical (unpaired) electrons. The van der Waals surface area contributed by atoms with E-state index in [4.69, 9.17) is 9.47 Å². The SMILES string of the molecule is CCCc1c(OCCCCOc2cccc(C3SC(=O)NC3=O)c2)ccc2c1S(=O)(=O)C=C2CCc1ccccc1. The number of fused-ring (bicyclic) bond motifs is 1. The van der Waals surface area contributed by atoms with Crippen LogP contribution in [0, 0.1) is 0 Å². The molecule has 41 heavy (non-hydrogen) atoms. The fourth-order valence-electron chi connectivity index (χ4n) is 5.16. The zero-order valence-electron chi connectivity index (χ0n) is 22.9. The van der Waals surface area contributed by atoms with Gasteiger partial charge >= 0.3 is 0 Å². The molecule has 1 saturated heterocycles. The number of hydrogen-bond acceptors (Lipinski definition) is 7. The lowest BCUT2D eigenvalue weighted by Crippen LogP contribution is -2.20. The Labute approximate surface area is 245 Å². The minimum Gasteiger partial charge on any atom is -0.494 e. The molecule has 9 heteroatoms. The monoisotopic (exact) mass is 591 g/mol. The van der Waals surface area contributed by atoms with E-state index in [1.165, 1.54) is 11.0 Å². The number of sulfone groups is 1. The van der Waals surface area contributed by atoms with Gasteiger partial charge in [0.1, 0.15) is 16.7 Å². The number of nitrogens with one attached hydrogen (secondary N) is 1. The molecule has 0 bridgehead atoms. The molecule has 3 aromatic carbocycles. The molecule has 2 aliphatic rings. The molecular weight excluding hydrogens is 558 g/mol. The molecule has 1 N–H and O–H groups in total. The predicted octanol–water partition coefficient (Wildman–Crippen LogP) is 6.66. The molecule has 1 unspecified atom stereocenters. The van der Waals surface area contributed by atoms with Gasteiger partial charge in [0.05, 0.1) is 18.1 Å². The van der Waals surface area contributed by atoms with Crippen molar-refractivity contribution in [3.8, 4) is 11.5 Å². The van der Waals surface area contributed by atoms with E-state index in [0.717, 1.165) is 59.7 Å². The molecule has 3 aromatic rings. The van der Waals surface area contributed by atoms with E-state index in [0.29, 0.717) is 42.4 Å². The first-order valence-electron chi connectivity index (χ1n) is 13.9. The summed E-state index contributed by atoms with van der Waals surface area (Å²) in [7, 11) is -3.53. The summed E-state index contributed by atoms with van der Waals surface area (Å²) >= 11 is 0.969. The third-order valence-electron chi connectivity index (χ3n) is 7.09. The Hall–Kier alpha value is -3.56. The van der Waals surface area contributed by atoms with Gasteiger partial charge in [0, 0.05) is 11.0 Å². The van der Waals surface area contributed by atoms with Crippen molar-refractivity contribution < 1.29 is 27.5 Å². The Morgan fingerprint density at radius 2 is 1.66 bits per heavy atom. The summed E-state index contributed by atoms with van der Waals surface area (Å²) in [5.41, 5.74) is 4.32. The third kappa shape index (κ3) is 6.85. The number of hydrogen-bond donors (Lipinski definition) is 1. The van der Waals surface area contributed by atoms with Gasteiger partial charge in [0.15, 0.2) is 0 Å². The average Bonchev–Trinajstić information content (AvgIpc) is 3.44. The van der Waals surface area contributed by atoms with Crippen molar-refractivity contribution in [1.29, 1.82) is 0 Å². The van der Waals surface area contributed by atoms with Gasteiger partial charge in [-0.3, -0.25) is 14.9 Å². The van der Waals surface area contributed by atoms with E-state index >= 15 is 0 Å². The molecule has 214 valence electrons. The number of rotatable bonds is 13. The Kier molecular flexibility index (Phi) is 9.15. The van der Waals surface area contributed by atoms with Crippen LogP contribution < -0.4 is 14.8 Å². The van der Waals surface area contributed by atoms with Crippen LogP contribution in [0.15, 0.2) is 77.0 Å². The van der Waals surface area contributed by atoms with Crippen LogP contribution in [0.1, 0.15) is 60.1 Å². The van der Waals surface area contributed by atoms with Crippen molar-refractivity contribution >= 4 is 38.3 Å². The lowest BCUT2D eigenvalue weighted by Gasteiger charge is -2.16. The maximum atomic E-state index is 13.2. The molecule has 2 aliphatic heterocycles. The molecule has 2 amide bonds. The highest BCUT2D eigenvalue weighted by atomic mass is 32.2. The number of benzene rings is 3. The Morgan fingerprint density at radius 1 is 0.878 bits per heavy atom.